The molecule has 0 unspecified atom stereocenters. The molecule has 6 heteroatoms. The van der Waals surface area contributed by atoms with Crippen LogP contribution in [0.1, 0.15) is 24.8 Å². The first-order chi connectivity index (χ1) is 11.9. The van der Waals surface area contributed by atoms with E-state index in [4.69, 9.17) is 9.47 Å². The fourth-order valence-electron chi connectivity index (χ4n) is 3.69. The zero-order valence-electron chi connectivity index (χ0n) is 15.7. The van der Waals surface area contributed by atoms with Crippen LogP contribution < -0.4 is 4.74 Å². The molecule has 140 valence electrons. The Balaban J connectivity index is 2.01. The fraction of sp³-hybridized carbons (Fsp3) is 0.632. The summed E-state index contributed by atoms with van der Waals surface area (Å²) in [6, 6.07) is 5.97. The van der Waals surface area contributed by atoms with Gasteiger partial charge < -0.3 is 19.5 Å². The predicted octanol–water partition coefficient (Wildman–Crippen LogP) is 2.11. The van der Waals surface area contributed by atoms with E-state index in [1.807, 2.05) is 12.1 Å². The van der Waals surface area contributed by atoms with Crippen molar-refractivity contribution in [3.63, 3.8) is 0 Å². The number of rotatable bonds is 7. The predicted molar refractivity (Wildman–Crippen MR) is 96.8 cm³/mol. The summed E-state index contributed by atoms with van der Waals surface area (Å²) in [6.45, 7) is 2.77. The highest BCUT2D eigenvalue weighted by atomic mass is 16.5. The van der Waals surface area contributed by atoms with Crippen molar-refractivity contribution in [2.45, 2.75) is 31.8 Å². The molecule has 0 aromatic heterocycles. The SMILES string of the molecule is COC(=O)CC[C@H]1CN(Cc2ccc(O)c(OC)c2)CC[C@H]1N(C)C. The van der Waals surface area contributed by atoms with Crippen molar-refractivity contribution in [3.05, 3.63) is 23.8 Å². The van der Waals surface area contributed by atoms with Crippen molar-refractivity contribution in [2.24, 2.45) is 5.92 Å². The number of carbonyl (C=O) groups excluding carboxylic acids is 1. The molecule has 0 aliphatic carbocycles. The van der Waals surface area contributed by atoms with E-state index in [1.165, 1.54) is 7.11 Å². The van der Waals surface area contributed by atoms with Crippen LogP contribution in [0.5, 0.6) is 11.5 Å². The van der Waals surface area contributed by atoms with Gasteiger partial charge in [0.2, 0.25) is 0 Å². The maximum atomic E-state index is 11.5. The van der Waals surface area contributed by atoms with Crippen LogP contribution in [0, 0.1) is 5.92 Å². The van der Waals surface area contributed by atoms with Gasteiger partial charge in [-0.15, -0.1) is 0 Å². The van der Waals surface area contributed by atoms with Crippen LogP contribution in [-0.2, 0) is 16.1 Å². The Morgan fingerprint density at radius 3 is 2.76 bits per heavy atom. The fourth-order valence-corrected chi connectivity index (χ4v) is 3.69. The number of hydrogen-bond donors (Lipinski definition) is 1. The maximum Gasteiger partial charge on any atom is 0.305 e. The van der Waals surface area contributed by atoms with E-state index in [0.717, 1.165) is 38.0 Å². The molecule has 1 aromatic carbocycles. The van der Waals surface area contributed by atoms with E-state index in [-0.39, 0.29) is 11.7 Å². The molecule has 2 atom stereocenters. The number of carbonyl (C=O) groups is 1. The van der Waals surface area contributed by atoms with Gasteiger partial charge in [-0.25, -0.2) is 0 Å². The average molecular weight is 350 g/mol. The molecule has 1 aromatic rings. The Morgan fingerprint density at radius 2 is 2.12 bits per heavy atom. The Labute approximate surface area is 150 Å². The van der Waals surface area contributed by atoms with Crippen LogP contribution in [0.2, 0.25) is 0 Å². The van der Waals surface area contributed by atoms with Crippen LogP contribution in [-0.4, -0.2) is 68.3 Å². The van der Waals surface area contributed by atoms with Gasteiger partial charge in [0, 0.05) is 25.6 Å². The minimum Gasteiger partial charge on any atom is -0.504 e. The monoisotopic (exact) mass is 350 g/mol. The van der Waals surface area contributed by atoms with E-state index in [2.05, 4.69) is 23.9 Å². The highest BCUT2D eigenvalue weighted by molar-refractivity contribution is 5.69. The Bertz CT molecular complexity index is 577. The van der Waals surface area contributed by atoms with Crippen LogP contribution >= 0.6 is 0 Å². The summed E-state index contributed by atoms with van der Waals surface area (Å²) < 4.78 is 9.99. The lowest BCUT2D eigenvalue weighted by Gasteiger charge is -2.41. The number of phenols is 1. The van der Waals surface area contributed by atoms with Crippen LogP contribution in [0.25, 0.3) is 0 Å². The second kappa shape index (κ2) is 9.06. The lowest BCUT2D eigenvalue weighted by Crippen LogP contribution is -2.48. The lowest BCUT2D eigenvalue weighted by molar-refractivity contribution is -0.141. The van der Waals surface area contributed by atoms with Gasteiger partial charge in [0.25, 0.3) is 0 Å². The number of nitrogens with zero attached hydrogens (tertiary/aromatic N) is 2. The number of methoxy groups -OCH3 is 2. The van der Waals surface area contributed by atoms with Crippen molar-refractivity contribution >= 4 is 5.97 Å². The molecule has 1 heterocycles. The molecule has 0 saturated carbocycles. The molecule has 0 spiro atoms. The summed E-state index contributed by atoms with van der Waals surface area (Å²) in [6.07, 6.45) is 2.38. The van der Waals surface area contributed by atoms with E-state index in [9.17, 15) is 9.90 Å². The molecule has 1 aliphatic rings. The molecule has 6 nitrogen and oxygen atoms in total. The molecule has 0 amide bonds. The van der Waals surface area contributed by atoms with Crippen LogP contribution in [0.3, 0.4) is 0 Å². The number of phenolic OH excluding ortho intramolecular Hbond substituents is 1. The Kier molecular flexibility index (Phi) is 7.08. The molecule has 1 saturated heterocycles. The molecule has 25 heavy (non-hydrogen) atoms. The Morgan fingerprint density at radius 1 is 1.36 bits per heavy atom. The molecule has 1 fully saturated rings. The highest BCUT2D eigenvalue weighted by Crippen LogP contribution is 2.29. The van der Waals surface area contributed by atoms with Gasteiger partial charge in [-0.3, -0.25) is 9.69 Å². The van der Waals surface area contributed by atoms with Crippen LogP contribution in [0.15, 0.2) is 18.2 Å². The van der Waals surface area contributed by atoms with Gasteiger partial charge in [-0.1, -0.05) is 6.07 Å². The summed E-state index contributed by atoms with van der Waals surface area (Å²) in [4.78, 5) is 16.2. The van der Waals surface area contributed by atoms with Crippen molar-refractivity contribution in [1.29, 1.82) is 0 Å². The van der Waals surface area contributed by atoms with Gasteiger partial charge in [-0.05, 0) is 57.1 Å². The van der Waals surface area contributed by atoms with Gasteiger partial charge in [-0.2, -0.15) is 0 Å². The van der Waals surface area contributed by atoms with Gasteiger partial charge in [0.05, 0.1) is 14.2 Å². The summed E-state index contributed by atoms with van der Waals surface area (Å²) in [5.74, 6) is 0.955. The second-order valence-electron chi connectivity index (χ2n) is 6.94. The maximum absolute atomic E-state index is 11.5. The van der Waals surface area contributed by atoms with Crippen molar-refractivity contribution in [2.75, 3.05) is 41.4 Å². The standard InChI is InChI=1S/C19H30N2O4/c1-20(2)16-9-10-21(13-15(16)6-8-19(23)25-4)12-14-5-7-17(22)18(11-14)24-3/h5,7,11,15-16,22H,6,8-10,12-13H2,1-4H3/t15-,16+/m0/s1. The first-order valence-electron chi connectivity index (χ1n) is 8.76. The number of aromatic hydroxyl groups is 1. The summed E-state index contributed by atoms with van der Waals surface area (Å²) in [5.41, 5.74) is 1.12. The number of likely N-dealkylation sites (tertiary alicyclic amines) is 1. The van der Waals surface area contributed by atoms with Crippen molar-refractivity contribution in [1.82, 2.24) is 9.80 Å². The van der Waals surface area contributed by atoms with E-state index < -0.39 is 0 Å². The zero-order chi connectivity index (χ0) is 18.4. The van der Waals surface area contributed by atoms with E-state index >= 15 is 0 Å². The number of ether oxygens (including phenoxy) is 2. The van der Waals surface area contributed by atoms with Gasteiger partial charge >= 0.3 is 5.97 Å². The summed E-state index contributed by atoms with van der Waals surface area (Å²) in [7, 11) is 7.22. The molecular weight excluding hydrogens is 320 g/mol. The topological polar surface area (TPSA) is 62.2 Å². The van der Waals surface area contributed by atoms with Crippen LogP contribution in [0.4, 0.5) is 0 Å². The Hall–Kier alpha value is -1.79. The minimum absolute atomic E-state index is 0.141. The smallest absolute Gasteiger partial charge is 0.305 e. The van der Waals surface area contributed by atoms with Gasteiger partial charge in [0.1, 0.15) is 0 Å². The quantitative estimate of drug-likeness (QED) is 0.760. The minimum atomic E-state index is -0.141. The third-order valence-electron chi connectivity index (χ3n) is 5.04. The summed E-state index contributed by atoms with van der Waals surface area (Å²) in [5, 5.41) is 9.74. The third-order valence-corrected chi connectivity index (χ3v) is 5.04. The molecular formula is C19H30N2O4. The van der Waals surface area contributed by atoms with Crippen molar-refractivity contribution in [3.8, 4) is 11.5 Å². The van der Waals surface area contributed by atoms with E-state index in [1.54, 1.807) is 13.2 Å². The number of piperidine rings is 1. The molecule has 1 N–H and O–H groups in total. The number of benzene rings is 1. The van der Waals surface area contributed by atoms with Gasteiger partial charge in [0.15, 0.2) is 11.5 Å². The number of esters is 1. The third kappa shape index (κ3) is 5.34. The summed E-state index contributed by atoms with van der Waals surface area (Å²) >= 11 is 0. The van der Waals surface area contributed by atoms with Crippen molar-refractivity contribution < 1.29 is 19.4 Å². The second-order valence-corrected chi connectivity index (χ2v) is 6.94. The first kappa shape index (κ1) is 19.5. The first-order valence-corrected chi connectivity index (χ1v) is 8.76. The average Bonchev–Trinajstić information content (AvgIpc) is 2.61. The zero-order valence-corrected chi connectivity index (χ0v) is 15.7. The normalized spacial score (nSPS) is 21.3. The molecule has 1 aliphatic heterocycles. The highest BCUT2D eigenvalue weighted by Gasteiger charge is 2.31. The molecule has 0 radical (unpaired) electrons. The molecule has 2 rings (SSSR count). The lowest BCUT2D eigenvalue weighted by atomic mass is 9.87. The largest absolute Gasteiger partial charge is 0.504 e. The molecule has 0 bridgehead atoms. The van der Waals surface area contributed by atoms with E-state index in [0.29, 0.717) is 24.1 Å². The number of hydrogen-bond acceptors (Lipinski definition) is 6.